The Labute approximate surface area is 174 Å². The van der Waals surface area contributed by atoms with Crippen LogP contribution in [0.1, 0.15) is 31.0 Å². The van der Waals surface area contributed by atoms with Gasteiger partial charge >= 0.3 is 0 Å². The van der Waals surface area contributed by atoms with Gasteiger partial charge in [0, 0.05) is 33.8 Å². The van der Waals surface area contributed by atoms with Gasteiger partial charge in [-0.1, -0.05) is 44.2 Å². The number of hydrogen-bond acceptors (Lipinski definition) is 3. The van der Waals surface area contributed by atoms with Crippen LogP contribution >= 0.6 is 0 Å². The number of aryl methyl sites for hydroxylation is 1. The highest BCUT2D eigenvalue weighted by molar-refractivity contribution is 6.09. The lowest BCUT2D eigenvalue weighted by molar-refractivity contribution is 0.628. The molecule has 0 N–H and O–H groups in total. The van der Waals surface area contributed by atoms with E-state index in [-0.39, 0.29) is 5.82 Å². The van der Waals surface area contributed by atoms with E-state index in [1.807, 2.05) is 18.3 Å². The first-order valence-corrected chi connectivity index (χ1v) is 10.1. The molecule has 0 saturated carbocycles. The van der Waals surface area contributed by atoms with Gasteiger partial charge in [-0.25, -0.2) is 9.37 Å². The van der Waals surface area contributed by atoms with Crippen molar-refractivity contribution in [2.24, 2.45) is 0 Å². The van der Waals surface area contributed by atoms with Crippen LogP contribution in [0, 0.1) is 12.7 Å². The molecule has 0 aliphatic heterocycles. The Bertz CT molecular complexity index is 1370. The first-order valence-electron chi connectivity index (χ1n) is 10.1. The van der Waals surface area contributed by atoms with Crippen molar-refractivity contribution >= 4 is 22.1 Å². The van der Waals surface area contributed by atoms with Crippen LogP contribution in [0.3, 0.4) is 0 Å². The highest BCUT2D eigenvalue weighted by atomic mass is 19.1. The molecule has 0 radical (unpaired) electrons. The van der Waals surface area contributed by atoms with Gasteiger partial charge in [-0.15, -0.1) is 0 Å². The van der Waals surface area contributed by atoms with Gasteiger partial charge in [0.25, 0.3) is 0 Å². The standard InChI is InChI=1S/C26H21FN2O/c1-15(2)22-13-11-21-20-10-4-16(3)24(25(20)30-26(21)29-22)23-12-7-18(14-28-23)17-5-8-19(27)9-6-17/h4-15H,1-3H3. The highest BCUT2D eigenvalue weighted by Gasteiger charge is 2.17. The third kappa shape index (κ3) is 3.05. The van der Waals surface area contributed by atoms with Crippen LogP contribution in [0.15, 0.2) is 71.3 Å². The van der Waals surface area contributed by atoms with E-state index >= 15 is 0 Å². The summed E-state index contributed by atoms with van der Waals surface area (Å²) in [4.78, 5) is 9.42. The van der Waals surface area contributed by atoms with Gasteiger partial charge < -0.3 is 4.42 Å². The second kappa shape index (κ2) is 7.06. The molecule has 5 rings (SSSR count). The predicted octanol–water partition coefficient (Wildman–Crippen LogP) is 7.28. The molecule has 0 atom stereocenters. The van der Waals surface area contributed by atoms with Crippen molar-refractivity contribution in [3.05, 3.63) is 83.9 Å². The lowest BCUT2D eigenvalue weighted by atomic mass is 10.00. The third-order valence-corrected chi connectivity index (χ3v) is 5.53. The Hall–Kier alpha value is -3.53. The van der Waals surface area contributed by atoms with Crippen molar-refractivity contribution in [1.82, 2.24) is 9.97 Å². The first kappa shape index (κ1) is 18.5. The Balaban J connectivity index is 1.65. The number of pyridine rings is 2. The van der Waals surface area contributed by atoms with Crippen LogP contribution in [0.4, 0.5) is 4.39 Å². The summed E-state index contributed by atoms with van der Waals surface area (Å²) in [6.45, 7) is 6.31. The summed E-state index contributed by atoms with van der Waals surface area (Å²) in [5, 5.41) is 2.05. The average Bonchev–Trinajstić information content (AvgIpc) is 3.12. The molecule has 0 unspecified atom stereocenters. The van der Waals surface area contributed by atoms with Crippen LogP contribution in [-0.4, -0.2) is 9.97 Å². The zero-order valence-corrected chi connectivity index (χ0v) is 17.1. The summed E-state index contributed by atoms with van der Waals surface area (Å²) in [6, 6.07) is 18.8. The second-order valence-corrected chi connectivity index (χ2v) is 7.92. The van der Waals surface area contributed by atoms with E-state index in [0.717, 1.165) is 50.0 Å². The minimum Gasteiger partial charge on any atom is -0.437 e. The average molecular weight is 396 g/mol. The van der Waals surface area contributed by atoms with Crippen molar-refractivity contribution < 1.29 is 8.81 Å². The minimum absolute atomic E-state index is 0.246. The summed E-state index contributed by atoms with van der Waals surface area (Å²) in [6.07, 6.45) is 1.82. The fraction of sp³-hybridized carbons (Fsp3) is 0.154. The maximum atomic E-state index is 13.2. The van der Waals surface area contributed by atoms with Gasteiger partial charge in [-0.2, -0.15) is 0 Å². The molecule has 148 valence electrons. The van der Waals surface area contributed by atoms with Gasteiger partial charge in [0.1, 0.15) is 11.4 Å². The normalized spacial score (nSPS) is 11.6. The largest absolute Gasteiger partial charge is 0.437 e. The monoisotopic (exact) mass is 396 g/mol. The lowest BCUT2D eigenvalue weighted by Crippen LogP contribution is -1.90. The summed E-state index contributed by atoms with van der Waals surface area (Å²) in [7, 11) is 0. The number of benzene rings is 2. The molecule has 3 aromatic heterocycles. The van der Waals surface area contributed by atoms with Crippen LogP contribution in [0.2, 0.25) is 0 Å². The number of hydrogen-bond donors (Lipinski definition) is 0. The van der Waals surface area contributed by atoms with E-state index < -0.39 is 0 Å². The fourth-order valence-electron chi connectivity index (χ4n) is 3.83. The summed E-state index contributed by atoms with van der Waals surface area (Å²) in [5.41, 5.74) is 7.26. The number of nitrogens with zero attached hydrogens (tertiary/aromatic N) is 2. The molecule has 3 nitrogen and oxygen atoms in total. The molecule has 30 heavy (non-hydrogen) atoms. The van der Waals surface area contributed by atoms with Gasteiger partial charge in [-0.3, -0.25) is 4.98 Å². The van der Waals surface area contributed by atoms with Crippen LogP contribution in [-0.2, 0) is 0 Å². The van der Waals surface area contributed by atoms with Gasteiger partial charge in [0.05, 0.1) is 5.69 Å². The lowest BCUT2D eigenvalue weighted by Gasteiger charge is -2.08. The van der Waals surface area contributed by atoms with E-state index in [1.165, 1.54) is 12.1 Å². The first-order chi connectivity index (χ1) is 14.5. The number of fused-ring (bicyclic) bond motifs is 3. The third-order valence-electron chi connectivity index (χ3n) is 5.53. The molecule has 0 aliphatic carbocycles. The molecule has 0 amide bonds. The van der Waals surface area contributed by atoms with E-state index in [9.17, 15) is 4.39 Å². The van der Waals surface area contributed by atoms with Crippen molar-refractivity contribution in [3.8, 4) is 22.4 Å². The Morgan fingerprint density at radius 1 is 0.833 bits per heavy atom. The number of furan rings is 1. The molecule has 0 aliphatic rings. The van der Waals surface area contributed by atoms with Gasteiger partial charge in [0.2, 0.25) is 5.71 Å². The van der Waals surface area contributed by atoms with Gasteiger partial charge in [0.15, 0.2) is 0 Å². The molecule has 2 aromatic carbocycles. The molecular formula is C26H21FN2O. The van der Waals surface area contributed by atoms with E-state index in [2.05, 4.69) is 45.0 Å². The van der Waals surface area contributed by atoms with E-state index in [4.69, 9.17) is 14.4 Å². The molecule has 5 aromatic rings. The maximum Gasteiger partial charge on any atom is 0.227 e. The molecule has 0 saturated heterocycles. The number of rotatable bonds is 3. The summed E-state index contributed by atoms with van der Waals surface area (Å²) < 4.78 is 19.5. The second-order valence-electron chi connectivity index (χ2n) is 7.92. The molecule has 3 heterocycles. The zero-order valence-electron chi connectivity index (χ0n) is 17.1. The SMILES string of the molecule is Cc1ccc2c(oc3nc(C(C)C)ccc32)c1-c1ccc(-c2ccc(F)cc2)cn1. The Morgan fingerprint density at radius 2 is 1.57 bits per heavy atom. The maximum absolute atomic E-state index is 13.2. The minimum atomic E-state index is -0.246. The fourth-order valence-corrected chi connectivity index (χ4v) is 3.83. The smallest absolute Gasteiger partial charge is 0.227 e. The zero-order chi connectivity index (χ0) is 20.8. The topological polar surface area (TPSA) is 38.9 Å². The van der Waals surface area contributed by atoms with Crippen molar-refractivity contribution in [1.29, 1.82) is 0 Å². The molecule has 0 spiro atoms. The van der Waals surface area contributed by atoms with Crippen LogP contribution in [0.5, 0.6) is 0 Å². The molecular weight excluding hydrogens is 375 g/mol. The predicted molar refractivity (Wildman–Crippen MR) is 119 cm³/mol. The van der Waals surface area contributed by atoms with E-state index in [0.29, 0.717) is 11.6 Å². The summed E-state index contributed by atoms with van der Waals surface area (Å²) >= 11 is 0. The van der Waals surface area contributed by atoms with Crippen LogP contribution in [0.25, 0.3) is 44.5 Å². The Morgan fingerprint density at radius 3 is 2.27 bits per heavy atom. The quantitative estimate of drug-likeness (QED) is 0.322. The molecule has 0 bridgehead atoms. The van der Waals surface area contributed by atoms with Crippen molar-refractivity contribution in [3.63, 3.8) is 0 Å². The van der Waals surface area contributed by atoms with Crippen LogP contribution < -0.4 is 0 Å². The van der Waals surface area contributed by atoms with Gasteiger partial charge in [-0.05, 0) is 54.3 Å². The van der Waals surface area contributed by atoms with Crippen molar-refractivity contribution in [2.75, 3.05) is 0 Å². The number of aromatic nitrogens is 2. The number of halogens is 1. The van der Waals surface area contributed by atoms with E-state index in [1.54, 1.807) is 12.1 Å². The molecule has 0 fully saturated rings. The van der Waals surface area contributed by atoms with Crippen molar-refractivity contribution in [2.45, 2.75) is 26.7 Å². The molecule has 4 heteroatoms. The Kier molecular flexibility index (Phi) is 4.35. The highest BCUT2D eigenvalue weighted by Crippen LogP contribution is 2.37. The summed E-state index contributed by atoms with van der Waals surface area (Å²) in [5.74, 6) is 0.0919.